The van der Waals surface area contributed by atoms with Crippen molar-refractivity contribution in [1.82, 2.24) is 9.97 Å². The monoisotopic (exact) mass is 422 g/mol. The first-order chi connectivity index (χ1) is 15.3. The Labute approximate surface area is 185 Å². The number of nitrogens with one attached hydrogen (secondary N) is 1. The van der Waals surface area contributed by atoms with E-state index in [0.717, 1.165) is 27.8 Å². The summed E-state index contributed by atoms with van der Waals surface area (Å²) < 4.78 is 1.20. The number of hydrogen-bond acceptors (Lipinski definition) is 5. The van der Waals surface area contributed by atoms with Crippen LogP contribution in [0.5, 0.6) is 0 Å². The molecule has 152 valence electrons. The highest BCUT2D eigenvalue weighted by Crippen LogP contribution is 2.32. The summed E-state index contributed by atoms with van der Waals surface area (Å²) in [6.45, 7) is 2.34. The van der Waals surface area contributed by atoms with Crippen molar-refractivity contribution in [2.24, 2.45) is 0 Å². The van der Waals surface area contributed by atoms with Crippen molar-refractivity contribution in [1.29, 1.82) is 0 Å². The van der Waals surface area contributed by atoms with Crippen LogP contribution < -0.4 is 10.2 Å². The van der Waals surface area contributed by atoms with E-state index >= 15 is 0 Å². The van der Waals surface area contributed by atoms with Crippen molar-refractivity contribution in [3.05, 3.63) is 78.4 Å². The minimum atomic E-state index is 0.983. The summed E-state index contributed by atoms with van der Waals surface area (Å²) in [6, 6.07) is 23.8. The molecule has 6 rings (SSSR count). The molecular weight excluding hydrogens is 400 g/mol. The second-order valence-electron chi connectivity index (χ2n) is 7.99. The van der Waals surface area contributed by atoms with Crippen LogP contribution in [0.4, 0.5) is 17.1 Å². The number of benzene rings is 3. The molecule has 1 N–H and O–H groups in total. The third-order valence-electron chi connectivity index (χ3n) is 6.02. The van der Waals surface area contributed by atoms with E-state index in [1.165, 1.54) is 47.4 Å². The second kappa shape index (κ2) is 7.67. The Bertz CT molecular complexity index is 1370. The van der Waals surface area contributed by atoms with E-state index in [1.54, 1.807) is 11.3 Å². The molecule has 0 aliphatic carbocycles. The lowest BCUT2D eigenvalue weighted by Gasteiger charge is -2.18. The molecule has 1 aliphatic heterocycles. The van der Waals surface area contributed by atoms with Gasteiger partial charge < -0.3 is 10.2 Å². The van der Waals surface area contributed by atoms with Gasteiger partial charge >= 0.3 is 0 Å². The van der Waals surface area contributed by atoms with E-state index in [2.05, 4.69) is 80.8 Å². The smallest absolute Gasteiger partial charge is 0.0832 e. The molecule has 3 heterocycles. The van der Waals surface area contributed by atoms with Gasteiger partial charge in [-0.15, -0.1) is 11.3 Å². The van der Waals surface area contributed by atoms with E-state index in [9.17, 15) is 0 Å². The Morgan fingerprint density at radius 2 is 1.61 bits per heavy atom. The average molecular weight is 423 g/mol. The van der Waals surface area contributed by atoms with E-state index < -0.39 is 0 Å². The highest BCUT2D eigenvalue weighted by Gasteiger charge is 2.12. The number of nitrogens with zero attached hydrogens (tertiary/aromatic N) is 3. The van der Waals surface area contributed by atoms with E-state index in [1.807, 2.05) is 17.8 Å². The highest BCUT2D eigenvalue weighted by atomic mass is 32.1. The van der Waals surface area contributed by atoms with E-state index in [4.69, 9.17) is 0 Å². The molecule has 0 radical (unpaired) electrons. The zero-order valence-corrected chi connectivity index (χ0v) is 17.9. The van der Waals surface area contributed by atoms with Gasteiger partial charge in [-0.1, -0.05) is 18.2 Å². The van der Waals surface area contributed by atoms with Gasteiger partial charge in [-0.3, -0.25) is 4.98 Å². The summed E-state index contributed by atoms with van der Waals surface area (Å²) in [4.78, 5) is 11.5. The average Bonchev–Trinajstić information content (AvgIpc) is 3.51. The van der Waals surface area contributed by atoms with Crippen LogP contribution in [0.25, 0.3) is 32.2 Å². The standard InChI is InChI=1S/C26H22N4S/c1-2-14-30(13-1)21-7-3-18(4-8-21)19-5-9-23-22(15-19)24(11-12-27-23)29-20-6-10-26-25(16-20)28-17-31-26/h3-12,15-17H,1-2,13-14H2,(H,27,29). The molecule has 2 aromatic heterocycles. The molecule has 0 spiro atoms. The fourth-order valence-electron chi connectivity index (χ4n) is 4.37. The minimum Gasteiger partial charge on any atom is -0.372 e. The van der Waals surface area contributed by atoms with E-state index in [0.29, 0.717) is 0 Å². The van der Waals surface area contributed by atoms with Gasteiger partial charge in [-0.2, -0.15) is 0 Å². The van der Waals surface area contributed by atoms with Gasteiger partial charge in [-0.05, 0) is 72.5 Å². The molecule has 5 aromatic rings. The predicted molar refractivity (Wildman–Crippen MR) is 132 cm³/mol. The number of anilines is 3. The molecule has 1 aliphatic rings. The van der Waals surface area contributed by atoms with Crippen LogP contribution in [0.15, 0.2) is 78.4 Å². The minimum absolute atomic E-state index is 0.983. The predicted octanol–water partition coefficient (Wildman–Crippen LogP) is 6.86. The fourth-order valence-corrected chi connectivity index (χ4v) is 5.02. The summed E-state index contributed by atoms with van der Waals surface area (Å²) in [7, 11) is 0. The zero-order valence-electron chi connectivity index (χ0n) is 17.1. The molecule has 3 aromatic carbocycles. The lowest BCUT2D eigenvalue weighted by molar-refractivity contribution is 0.949. The first-order valence-corrected chi connectivity index (χ1v) is 11.6. The highest BCUT2D eigenvalue weighted by molar-refractivity contribution is 7.16. The first-order valence-electron chi connectivity index (χ1n) is 10.7. The van der Waals surface area contributed by atoms with Crippen LogP contribution in [-0.2, 0) is 0 Å². The lowest BCUT2D eigenvalue weighted by Crippen LogP contribution is -2.17. The maximum Gasteiger partial charge on any atom is 0.0832 e. The zero-order chi connectivity index (χ0) is 20.6. The summed E-state index contributed by atoms with van der Waals surface area (Å²) >= 11 is 1.66. The SMILES string of the molecule is c1cc(Nc2ccc3scnc3c2)c2cc(-c3ccc(N4CCCC4)cc3)ccc2n1. The van der Waals surface area contributed by atoms with Crippen molar-refractivity contribution >= 4 is 49.5 Å². The summed E-state index contributed by atoms with van der Waals surface area (Å²) in [5.41, 5.74) is 9.72. The Balaban J connectivity index is 1.35. The molecule has 4 nitrogen and oxygen atoms in total. The Hall–Kier alpha value is -3.44. The quantitative estimate of drug-likeness (QED) is 0.344. The number of pyridine rings is 1. The Morgan fingerprint density at radius 3 is 2.48 bits per heavy atom. The van der Waals surface area contributed by atoms with Crippen molar-refractivity contribution < 1.29 is 0 Å². The second-order valence-corrected chi connectivity index (χ2v) is 8.88. The molecule has 0 amide bonds. The van der Waals surface area contributed by atoms with Gasteiger partial charge in [0, 0.05) is 41.7 Å². The van der Waals surface area contributed by atoms with Crippen LogP contribution in [0.1, 0.15) is 12.8 Å². The van der Waals surface area contributed by atoms with Crippen LogP contribution in [-0.4, -0.2) is 23.1 Å². The third kappa shape index (κ3) is 3.51. The van der Waals surface area contributed by atoms with Crippen molar-refractivity contribution in [2.75, 3.05) is 23.3 Å². The van der Waals surface area contributed by atoms with Crippen LogP contribution in [0, 0.1) is 0 Å². The first kappa shape index (κ1) is 18.3. The van der Waals surface area contributed by atoms with Gasteiger partial charge in [0.2, 0.25) is 0 Å². The topological polar surface area (TPSA) is 41.1 Å². The maximum absolute atomic E-state index is 4.57. The number of thiazole rings is 1. The summed E-state index contributed by atoms with van der Waals surface area (Å²) in [5.74, 6) is 0. The van der Waals surface area contributed by atoms with Crippen LogP contribution in [0.3, 0.4) is 0 Å². The van der Waals surface area contributed by atoms with Gasteiger partial charge in [0.05, 0.1) is 21.2 Å². The molecule has 1 fully saturated rings. The molecule has 5 heteroatoms. The van der Waals surface area contributed by atoms with Crippen molar-refractivity contribution in [3.63, 3.8) is 0 Å². The van der Waals surface area contributed by atoms with E-state index in [-0.39, 0.29) is 0 Å². The fraction of sp³-hybridized carbons (Fsp3) is 0.154. The molecule has 0 unspecified atom stereocenters. The van der Waals surface area contributed by atoms with Crippen molar-refractivity contribution in [3.8, 4) is 11.1 Å². The normalized spacial score (nSPS) is 13.9. The Morgan fingerprint density at radius 1 is 0.774 bits per heavy atom. The number of rotatable bonds is 4. The summed E-state index contributed by atoms with van der Waals surface area (Å²) in [5, 5.41) is 4.68. The van der Waals surface area contributed by atoms with Crippen LogP contribution >= 0.6 is 11.3 Å². The molecular formula is C26H22N4S. The largest absolute Gasteiger partial charge is 0.372 e. The molecule has 0 atom stereocenters. The number of fused-ring (bicyclic) bond motifs is 2. The molecule has 1 saturated heterocycles. The lowest BCUT2D eigenvalue weighted by atomic mass is 10.0. The number of hydrogen-bond donors (Lipinski definition) is 1. The van der Waals surface area contributed by atoms with Gasteiger partial charge in [0.25, 0.3) is 0 Å². The van der Waals surface area contributed by atoms with Gasteiger partial charge in [-0.25, -0.2) is 4.98 Å². The number of aromatic nitrogens is 2. The maximum atomic E-state index is 4.57. The third-order valence-corrected chi connectivity index (χ3v) is 6.83. The summed E-state index contributed by atoms with van der Waals surface area (Å²) in [6.07, 6.45) is 4.45. The van der Waals surface area contributed by atoms with Crippen LogP contribution in [0.2, 0.25) is 0 Å². The molecule has 31 heavy (non-hydrogen) atoms. The van der Waals surface area contributed by atoms with Gasteiger partial charge in [0.1, 0.15) is 0 Å². The van der Waals surface area contributed by atoms with Crippen molar-refractivity contribution in [2.45, 2.75) is 12.8 Å². The Kier molecular flexibility index (Phi) is 4.54. The molecule has 0 bridgehead atoms. The van der Waals surface area contributed by atoms with Gasteiger partial charge in [0.15, 0.2) is 0 Å². The molecule has 0 saturated carbocycles.